The number of likely N-dealkylation sites (tertiary alicyclic amines) is 1. The molecule has 194 valence electrons. The summed E-state index contributed by atoms with van der Waals surface area (Å²) in [5, 5.41) is 3.35. The van der Waals surface area contributed by atoms with Gasteiger partial charge in [-0.25, -0.2) is 13.6 Å². The molecule has 2 heterocycles. The van der Waals surface area contributed by atoms with Crippen molar-refractivity contribution in [1.82, 2.24) is 9.80 Å². The fourth-order valence-corrected chi connectivity index (χ4v) is 5.47. The van der Waals surface area contributed by atoms with Crippen LogP contribution in [0.3, 0.4) is 0 Å². The number of benzene rings is 2. The lowest BCUT2D eigenvalue weighted by molar-refractivity contribution is 0.0285. The molecule has 4 rings (SSSR count). The third-order valence-corrected chi connectivity index (χ3v) is 7.71. The van der Waals surface area contributed by atoms with Gasteiger partial charge in [-0.2, -0.15) is 0 Å². The summed E-state index contributed by atoms with van der Waals surface area (Å²) in [5.74, 6) is -1.51. The molecule has 10 heteroatoms. The van der Waals surface area contributed by atoms with Gasteiger partial charge in [-0.3, -0.25) is 4.79 Å². The van der Waals surface area contributed by atoms with Gasteiger partial charge in [0.05, 0.1) is 33.2 Å². The Labute approximate surface area is 219 Å². The molecule has 0 aromatic heterocycles. The van der Waals surface area contributed by atoms with Gasteiger partial charge in [0.1, 0.15) is 17.2 Å². The minimum Gasteiger partial charge on any atom is -0.444 e. The van der Waals surface area contributed by atoms with Crippen LogP contribution in [0.1, 0.15) is 62.5 Å². The normalized spacial score (nSPS) is 21.1. The van der Waals surface area contributed by atoms with Gasteiger partial charge in [-0.05, 0) is 65.3 Å². The third-order valence-electron chi connectivity index (χ3n) is 6.90. The standard InChI is InChI=1S/C26H29Cl2F2N3O3/c1-24(2,3)36-23(35)33-10-9-26(13-33,20-17(29)8-7-16(27)21(20)28)31-14-11-15-19(18(30)12-14)25(4,5)32(6)22(15)34/h7-8,11-12,31H,9-10,13H2,1-6H3/t26-/m1/s1. The number of hydrogen-bond donors (Lipinski definition) is 1. The van der Waals surface area contributed by atoms with Crippen LogP contribution < -0.4 is 5.32 Å². The summed E-state index contributed by atoms with van der Waals surface area (Å²) in [5.41, 5.74) is -1.97. The number of amides is 2. The highest BCUT2D eigenvalue weighted by Crippen LogP contribution is 2.45. The number of nitrogens with one attached hydrogen (secondary N) is 1. The Kier molecular flexibility index (Phi) is 6.45. The lowest BCUT2D eigenvalue weighted by Crippen LogP contribution is -2.42. The summed E-state index contributed by atoms with van der Waals surface area (Å²) < 4.78 is 36.2. The SMILES string of the molecule is CN1C(=O)c2cc(N[C@]3(c4c(F)ccc(Cl)c4Cl)CCN(C(=O)OC(C)(C)C)C3)cc(F)c2C1(C)C. The molecule has 1 atom stereocenters. The van der Waals surface area contributed by atoms with E-state index >= 15 is 8.78 Å². The Morgan fingerprint density at radius 3 is 2.42 bits per heavy atom. The van der Waals surface area contributed by atoms with Crippen molar-refractivity contribution in [2.45, 2.75) is 57.7 Å². The van der Waals surface area contributed by atoms with E-state index in [1.54, 1.807) is 47.7 Å². The van der Waals surface area contributed by atoms with E-state index in [4.69, 9.17) is 27.9 Å². The molecule has 0 radical (unpaired) electrons. The first-order valence-electron chi connectivity index (χ1n) is 11.6. The molecule has 0 aliphatic carbocycles. The molecule has 0 saturated carbocycles. The number of carbonyl (C=O) groups excluding carboxylic acids is 2. The maximum Gasteiger partial charge on any atom is 0.410 e. The monoisotopic (exact) mass is 539 g/mol. The average molecular weight is 540 g/mol. The molecular weight excluding hydrogens is 511 g/mol. The van der Waals surface area contributed by atoms with Crippen LogP contribution in [0.2, 0.25) is 10.0 Å². The van der Waals surface area contributed by atoms with E-state index in [1.165, 1.54) is 28.0 Å². The molecule has 2 amide bonds. The predicted molar refractivity (Wildman–Crippen MR) is 136 cm³/mol. The Hall–Kier alpha value is -2.58. The van der Waals surface area contributed by atoms with Crippen LogP contribution in [-0.2, 0) is 15.8 Å². The minimum absolute atomic E-state index is 0.00576. The van der Waals surface area contributed by atoms with Gasteiger partial charge in [-0.15, -0.1) is 0 Å². The van der Waals surface area contributed by atoms with Crippen LogP contribution in [0.5, 0.6) is 0 Å². The van der Waals surface area contributed by atoms with Crippen molar-refractivity contribution in [2.75, 3.05) is 25.5 Å². The molecule has 0 bridgehead atoms. The van der Waals surface area contributed by atoms with Crippen molar-refractivity contribution in [3.05, 3.63) is 62.6 Å². The van der Waals surface area contributed by atoms with E-state index in [-0.39, 0.29) is 52.3 Å². The molecule has 2 aliphatic heterocycles. The highest BCUT2D eigenvalue weighted by Gasteiger charge is 2.47. The zero-order valence-electron chi connectivity index (χ0n) is 21.1. The van der Waals surface area contributed by atoms with Gasteiger partial charge in [0, 0.05) is 30.4 Å². The zero-order chi connectivity index (χ0) is 26.8. The lowest BCUT2D eigenvalue weighted by Gasteiger charge is -2.34. The van der Waals surface area contributed by atoms with Crippen molar-refractivity contribution in [1.29, 1.82) is 0 Å². The van der Waals surface area contributed by atoms with Crippen LogP contribution in [0.25, 0.3) is 0 Å². The first-order valence-corrected chi connectivity index (χ1v) is 12.4. The van der Waals surface area contributed by atoms with E-state index < -0.39 is 34.4 Å². The third kappa shape index (κ3) is 4.39. The second-order valence-electron chi connectivity index (χ2n) is 10.9. The summed E-state index contributed by atoms with van der Waals surface area (Å²) in [6, 6.07) is 5.39. The molecule has 2 aromatic rings. The highest BCUT2D eigenvalue weighted by atomic mass is 35.5. The summed E-state index contributed by atoms with van der Waals surface area (Å²) >= 11 is 12.7. The van der Waals surface area contributed by atoms with Gasteiger partial charge in [-0.1, -0.05) is 23.2 Å². The Morgan fingerprint density at radius 2 is 1.78 bits per heavy atom. The number of hydrogen-bond acceptors (Lipinski definition) is 4. The highest BCUT2D eigenvalue weighted by molar-refractivity contribution is 6.42. The summed E-state index contributed by atoms with van der Waals surface area (Å²) in [6.45, 7) is 9.01. The van der Waals surface area contributed by atoms with Crippen LogP contribution in [0.15, 0.2) is 24.3 Å². The molecule has 0 unspecified atom stereocenters. The summed E-state index contributed by atoms with van der Waals surface area (Å²) in [4.78, 5) is 28.7. The maximum absolute atomic E-state index is 15.4. The molecule has 2 aliphatic rings. The van der Waals surface area contributed by atoms with E-state index in [1.807, 2.05) is 0 Å². The molecule has 36 heavy (non-hydrogen) atoms. The molecule has 1 fully saturated rings. The predicted octanol–water partition coefficient (Wildman–Crippen LogP) is 6.54. The second-order valence-corrected chi connectivity index (χ2v) is 11.7. The van der Waals surface area contributed by atoms with Gasteiger partial charge >= 0.3 is 6.09 Å². The van der Waals surface area contributed by atoms with Crippen molar-refractivity contribution < 1.29 is 23.1 Å². The molecule has 0 spiro atoms. The lowest BCUT2D eigenvalue weighted by atomic mass is 9.87. The Morgan fingerprint density at radius 1 is 1.11 bits per heavy atom. The number of carbonyl (C=O) groups is 2. The van der Waals surface area contributed by atoms with Crippen molar-refractivity contribution in [2.24, 2.45) is 0 Å². The van der Waals surface area contributed by atoms with Crippen molar-refractivity contribution >= 4 is 40.9 Å². The van der Waals surface area contributed by atoms with Gasteiger partial charge < -0.3 is 19.9 Å². The first-order chi connectivity index (χ1) is 16.6. The van der Waals surface area contributed by atoms with Crippen LogP contribution in [0.4, 0.5) is 19.3 Å². The largest absolute Gasteiger partial charge is 0.444 e. The van der Waals surface area contributed by atoms with Crippen molar-refractivity contribution in [3.63, 3.8) is 0 Å². The number of anilines is 1. The average Bonchev–Trinajstić information content (AvgIpc) is 3.24. The van der Waals surface area contributed by atoms with E-state index in [0.717, 1.165) is 0 Å². The molecular formula is C26H29Cl2F2N3O3. The molecule has 6 nitrogen and oxygen atoms in total. The zero-order valence-corrected chi connectivity index (χ0v) is 22.6. The minimum atomic E-state index is -1.26. The second kappa shape index (κ2) is 8.77. The van der Waals surface area contributed by atoms with Crippen LogP contribution in [-0.4, -0.2) is 47.5 Å². The van der Waals surface area contributed by atoms with E-state index in [0.29, 0.717) is 5.56 Å². The molecule has 2 aromatic carbocycles. The molecule has 1 saturated heterocycles. The number of ether oxygens (including phenoxy) is 1. The topological polar surface area (TPSA) is 61.9 Å². The first kappa shape index (κ1) is 26.5. The fraction of sp³-hybridized carbons (Fsp3) is 0.462. The van der Waals surface area contributed by atoms with Gasteiger partial charge in [0.15, 0.2) is 0 Å². The number of fused-ring (bicyclic) bond motifs is 1. The summed E-state index contributed by atoms with van der Waals surface area (Å²) in [7, 11) is 1.62. The number of nitrogens with zero attached hydrogens (tertiary/aromatic N) is 2. The fourth-order valence-electron chi connectivity index (χ4n) is 4.97. The van der Waals surface area contributed by atoms with Crippen LogP contribution >= 0.6 is 23.2 Å². The smallest absolute Gasteiger partial charge is 0.410 e. The quantitative estimate of drug-likeness (QED) is 0.449. The number of rotatable bonds is 3. The van der Waals surface area contributed by atoms with E-state index in [2.05, 4.69) is 5.32 Å². The Balaban J connectivity index is 1.80. The van der Waals surface area contributed by atoms with Crippen molar-refractivity contribution in [3.8, 4) is 0 Å². The summed E-state index contributed by atoms with van der Waals surface area (Å²) in [6.07, 6.45) is -0.329. The van der Waals surface area contributed by atoms with E-state index in [9.17, 15) is 9.59 Å². The van der Waals surface area contributed by atoms with Gasteiger partial charge in [0.25, 0.3) is 5.91 Å². The number of halogens is 4. The van der Waals surface area contributed by atoms with Gasteiger partial charge in [0.2, 0.25) is 0 Å². The van der Waals surface area contributed by atoms with Crippen LogP contribution in [0, 0.1) is 11.6 Å². The Bertz CT molecular complexity index is 1260. The molecule has 1 N–H and O–H groups in total. The maximum atomic E-state index is 15.4.